The maximum Gasteiger partial charge on any atom is 0.254 e. The standard InChI is InChI=1S/C16H21N5O.2ClH/c1-16(2)10-20(7-4-13(16)17)15(22)12-3-5-19-14(9-12)21-8-6-18-11-21;;/h3,5-6,8-9,11,13H,4,7,10,17H2,1-2H3;2*1H. The predicted octanol–water partition coefficient (Wildman–Crippen LogP) is 2.31. The summed E-state index contributed by atoms with van der Waals surface area (Å²) < 4.78 is 1.78. The van der Waals surface area contributed by atoms with Crippen molar-refractivity contribution in [1.82, 2.24) is 19.4 Å². The molecule has 2 aromatic rings. The Kier molecular flexibility index (Phi) is 6.77. The molecular formula is C16H23Cl2N5O. The van der Waals surface area contributed by atoms with Crippen LogP contribution in [0.4, 0.5) is 0 Å². The van der Waals surface area contributed by atoms with E-state index in [9.17, 15) is 4.79 Å². The lowest BCUT2D eigenvalue weighted by Gasteiger charge is -2.42. The third-order valence-corrected chi connectivity index (χ3v) is 4.36. The monoisotopic (exact) mass is 371 g/mol. The van der Waals surface area contributed by atoms with Gasteiger partial charge in [0.25, 0.3) is 5.91 Å². The molecular weight excluding hydrogens is 349 g/mol. The highest BCUT2D eigenvalue weighted by molar-refractivity contribution is 5.94. The van der Waals surface area contributed by atoms with E-state index in [1.807, 2.05) is 4.90 Å². The normalized spacial score (nSPS) is 19.1. The number of aromatic nitrogens is 3. The van der Waals surface area contributed by atoms with Crippen LogP contribution >= 0.6 is 24.8 Å². The number of pyridine rings is 1. The minimum absolute atomic E-state index is 0. The number of nitrogens with two attached hydrogens (primary N) is 1. The van der Waals surface area contributed by atoms with Crippen LogP contribution in [0.25, 0.3) is 5.82 Å². The number of carbonyl (C=O) groups is 1. The highest BCUT2D eigenvalue weighted by Crippen LogP contribution is 2.28. The first-order valence-corrected chi connectivity index (χ1v) is 7.46. The van der Waals surface area contributed by atoms with Crippen molar-refractivity contribution in [3.05, 3.63) is 42.6 Å². The third-order valence-electron chi connectivity index (χ3n) is 4.36. The van der Waals surface area contributed by atoms with Crippen molar-refractivity contribution in [1.29, 1.82) is 0 Å². The Morgan fingerprint density at radius 1 is 1.33 bits per heavy atom. The molecule has 2 aromatic heterocycles. The van der Waals surface area contributed by atoms with E-state index in [0.29, 0.717) is 24.5 Å². The van der Waals surface area contributed by atoms with Crippen LogP contribution in [0.3, 0.4) is 0 Å². The van der Waals surface area contributed by atoms with Gasteiger partial charge in [-0.3, -0.25) is 9.36 Å². The first-order valence-electron chi connectivity index (χ1n) is 7.46. The van der Waals surface area contributed by atoms with E-state index >= 15 is 0 Å². The van der Waals surface area contributed by atoms with E-state index in [1.165, 1.54) is 0 Å². The predicted molar refractivity (Wildman–Crippen MR) is 98.1 cm³/mol. The summed E-state index contributed by atoms with van der Waals surface area (Å²) in [6.45, 7) is 5.60. The summed E-state index contributed by atoms with van der Waals surface area (Å²) in [7, 11) is 0. The van der Waals surface area contributed by atoms with E-state index in [4.69, 9.17) is 5.73 Å². The molecule has 1 aliphatic rings. The number of nitrogens with zero attached hydrogens (tertiary/aromatic N) is 4. The van der Waals surface area contributed by atoms with Gasteiger partial charge in [-0.2, -0.15) is 0 Å². The van der Waals surface area contributed by atoms with E-state index < -0.39 is 0 Å². The number of carbonyl (C=O) groups excluding carboxylic acids is 1. The number of halogens is 2. The maximum absolute atomic E-state index is 12.7. The molecule has 24 heavy (non-hydrogen) atoms. The van der Waals surface area contributed by atoms with Gasteiger partial charge in [0, 0.05) is 43.3 Å². The molecule has 6 nitrogen and oxygen atoms in total. The summed E-state index contributed by atoms with van der Waals surface area (Å²) in [5.41, 5.74) is 6.73. The van der Waals surface area contributed by atoms with Gasteiger partial charge in [-0.25, -0.2) is 9.97 Å². The van der Waals surface area contributed by atoms with Crippen molar-refractivity contribution in [2.24, 2.45) is 11.1 Å². The van der Waals surface area contributed by atoms with Gasteiger partial charge in [-0.05, 0) is 24.0 Å². The lowest BCUT2D eigenvalue weighted by molar-refractivity contribution is 0.0533. The summed E-state index contributed by atoms with van der Waals surface area (Å²) in [5, 5.41) is 0. The van der Waals surface area contributed by atoms with Crippen LogP contribution in [-0.2, 0) is 0 Å². The zero-order chi connectivity index (χ0) is 15.7. The SMILES string of the molecule is CC1(C)CN(C(=O)c2ccnc(-n3ccnc3)c2)CCC1N.Cl.Cl. The van der Waals surface area contributed by atoms with Crippen molar-refractivity contribution >= 4 is 30.7 Å². The summed E-state index contributed by atoms with van der Waals surface area (Å²) in [6.07, 6.45) is 7.64. The third kappa shape index (κ3) is 4.06. The Morgan fingerprint density at radius 2 is 2.08 bits per heavy atom. The quantitative estimate of drug-likeness (QED) is 0.878. The van der Waals surface area contributed by atoms with E-state index in [-0.39, 0.29) is 42.2 Å². The van der Waals surface area contributed by atoms with Gasteiger partial charge in [0.2, 0.25) is 0 Å². The molecule has 3 rings (SSSR count). The maximum atomic E-state index is 12.7. The number of hydrogen-bond donors (Lipinski definition) is 1. The molecule has 8 heteroatoms. The fourth-order valence-electron chi connectivity index (χ4n) is 2.82. The summed E-state index contributed by atoms with van der Waals surface area (Å²) >= 11 is 0. The second-order valence-corrected chi connectivity index (χ2v) is 6.48. The first kappa shape index (κ1) is 20.4. The molecule has 1 fully saturated rings. The number of likely N-dealkylation sites (tertiary alicyclic amines) is 1. The number of imidazole rings is 1. The molecule has 0 radical (unpaired) electrons. The number of hydrogen-bond acceptors (Lipinski definition) is 4. The lowest BCUT2D eigenvalue weighted by atomic mass is 9.79. The molecule has 3 heterocycles. The molecule has 1 saturated heterocycles. The average molecular weight is 372 g/mol. The van der Waals surface area contributed by atoms with Crippen LogP contribution in [0.5, 0.6) is 0 Å². The Balaban J connectivity index is 0.00000144. The molecule has 1 unspecified atom stereocenters. The molecule has 1 aliphatic heterocycles. The second-order valence-electron chi connectivity index (χ2n) is 6.48. The minimum atomic E-state index is -0.0614. The Morgan fingerprint density at radius 3 is 2.71 bits per heavy atom. The zero-order valence-electron chi connectivity index (χ0n) is 13.8. The van der Waals surface area contributed by atoms with Crippen molar-refractivity contribution in [2.45, 2.75) is 26.3 Å². The van der Waals surface area contributed by atoms with Crippen LogP contribution < -0.4 is 5.73 Å². The molecule has 1 atom stereocenters. The highest BCUT2D eigenvalue weighted by atomic mass is 35.5. The Bertz CT molecular complexity index is 675. The van der Waals surface area contributed by atoms with Gasteiger partial charge in [0.15, 0.2) is 0 Å². The molecule has 0 saturated carbocycles. The van der Waals surface area contributed by atoms with Crippen LogP contribution in [-0.4, -0.2) is 44.5 Å². The Hall–Kier alpha value is -1.63. The van der Waals surface area contributed by atoms with Crippen LogP contribution in [0.2, 0.25) is 0 Å². The van der Waals surface area contributed by atoms with Crippen LogP contribution in [0, 0.1) is 5.41 Å². The first-order chi connectivity index (χ1) is 10.5. The number of rotatable bonds is 2. The topological polar surface area (TPSA) is 77.0 Å². The van der Waals surface area contributed by atoms with Gasteiger partial charge in [-0.1, -0.05) is 13.8 Å². The van der Waals surface area contributed by atoms with Gasteiger partial charge in [-0.15, -0.1) is 24.8 Å². The number of amides is 1. The van der Waals surface area contributed by atoms with Gasteiger partial charge in [0.1, 0.15) is 12.1 Å². The summed E-state index contributed by atoms with van der Waals surface area (Å²) in [6, 6.07) is 3.69. The lowest BCUT2D eigenvalue weighted by Crippen LogP contribution is -2.54. The highest BCUT2D eigenvalue weighted by Gasteiger charge is 2.35. The van der Waals surface area contributed by atoms with Crippen molar-refractivity contribution in [2.75, 3.05) is 13.1 Å². The largest absolute Gasteiger partial charge is 0.338 e. The van der Waals surface area contributed by atoms with Crippen molar-refractivity contribution in [3.8, 4) is 5.82 Å². The molecule has 0 aromatic carbocycles. The van der Waals surface area contributed by atoms with Gasteiger partial charge in [0.05, 0.1) is 0 Å². The number of piperidine rings is 1. The molecule has 0 bridgehead atoms. The smallest absolute Gasteiger partial charge is 0.254 e. The minimum Gasteiger partial charge on any atom is -0.338 e. The van der Waals surface area contributed by atoms with Crippen LogP contribution in [0.15, 0.2) is 37.1 Å². The van der Waals surface area contributed by atoms with E-state index in [1.54, 1.807) is 41.6 Å². The average Bonchev–Trinajstić information content (AvgIpc) is 3.04. The molecule has 1 amide bonds. The second kappa shape index (κ2) is 7.96. The van der Waals surface area contributed by atoms with E-state index in [2.05, 4.69) is 23.8 Å². The van der Waals surface area contributed by atoms with Crippen molar-refractivity contribution < 1.29 is 4.79 Å². The fourth-order valence-corrected chi connectivity index (χ4v) is 2.82. The van der Waals surface area contributed by atoms with Gasteiger partial charge < -0.3 is 10.6 Å². The van der Waals surface area contributed by atoms with Gasteiger partial charge >= 0.3 is 0 Å². The fraction of sp³-hybridized carbons (Fsp3) is 0.438. The summed E-state index contributed by atoms with van der Waals surface area (Å²) in [5.74, 6) is 0.722. The summed E-state index contributed by atoms with van der Waals surface area (Å²) in [4.78, 5) is 22.9. The molecule has 0 spiro atoms. The van der Waals surface area contributed by atoms with Crippen LogP contribution in [0.1, 0.15) is 30.6 Å². The molecule has 132 valence electrons. The Labute approximate surface area is 154 Å². The zero-order valence-corrected chi connectivity index (χ0v) is 15.4. The van der Waals surface area contributed by atoms with Crippen molar-refractivity contribution in [3.63, 3.8) is 0 Å². The van der Waals surface area contributed by atoms with E-state index in [0.717, 1.165) is 6.42 Å². The molecule has 0 aliphatic carbocycles. The molecule has 2 N–H and O–H groups in total.